The number of Topliss-reactive ketones (excluding diaryl/α,β-unsaturated/α-hetero) is 1. The van der Waals surface area contributed by atoms with E-state index in [0.29, 0.717) is 11.3 Å². The number of ketones is 1. The molecule has 0 spiro atoms. The molecular formula is C18H12F3NO. The van der Waals surface area contributed by atoms with Gasteiger partial charge < -0.3 is 0 Å². The lowest BCUT2D eigenvalue weighted by molar-refractivity contribution is -0.0885. The summed E-state index contributed by atoms with van der Waals surface area (Å²) in [7, 11) is 0. The standard InChI is InChI=1S/C18H12F3NO/c1-11-3-2-4-14-10-22-16(9-15(11)14)12-5-7-13(8-6-12)17(23)18(19,20)21/h2-10H,1H3. The smallest absolute Gasteiger partial charge is 0.284 e. The van der Waals surface area contributed by atoms with Crippen LogP contribution in [0.2, 0.25) is 0 Å². The topological polar surface area (TPSA) is 30.0 Å². The van der Waals surface area contributed by atoms with Gasteiger partial charge in [-0.3, -0.25) is 9.78 Å². The van der Waals surface area contributed by atoms with E-state index in [4.69, 9.17) is 0 Å². The minimum Gasteiger partial charge on any atom is -0.284 e. The fraction of sp³-hybridized carbons (Fsp3) is 0.111. The average Bonchev–Trinajstić information content (AvgIpc) is 2.54. The Hall–Kier alpha value is -2.69. The van der Waals surface area contributed by atoms with Crippen LogP contribution >= 0.6 is 0 Å². The van der Waals surface area contributed by atoms with Crippen molar-refractivity contribution in [1.29, 1.82) is 0 Å². The molecule has 1 heterocycles. The van der Waals surface area contributed by atoms with Crippen LogP contribution in [-0.4, -0.2) is 16.9 Å². The Bertz CT molecular complexity index is 883. The van der Waals surface area contributed by atoms with Crippen molar-refractivity contribution >= 4 is 16.6 Å². The Balaban J connectivity index is 2.00. The molecule has 3 aromatic rings. The van der Waals surface area contributed by atoms with E-state index in [1.165, 1.54) is 24.3 Å². The average molecular weight is 315 g/mol. The Morgan fingerprint density at radius 3 is 2.39 bits per heavy atom. The maximum Gasteiger partial charge on any atom is 0.454 e. The fourth-order valence-corrected chi connectivity index (χ4v) is 2.44. The predicted octanol–water partition coefficient (Wildman–Crippen LogP) is 4.96. The molecule has 0 aliphatic carbocycles. The second-order valence-electron chi connectivity index (χ2n) is 5.27. The number of hydrogen-bond donors (Lipinski definition) is 0. The summed E-state index contributed by atoms with van der Waals surface area (Å²) in [6.45, 7) is 1.98. The molecule has 116 valence electrons. The van der Waals surface area contributed by atoms with E-state index in [0.717, 1.165) is 16.3 Å². The van der Waals surface area contributed by atoms with Gasteiger partial charge in [-0.05, 0) is 23.9 Å². The van der Waals surface area contributed by atoms with Gasteiger partial charge in [0.15, 0.2) is 0 Å². The first kappa shape index (κ1) is 15.2. The SMILES string of the molecule is Cc1cccc2cnc(-c3ccc(C(=O)C(F)(F)F)cc3)cc12. The molecule has 2 nitrogen and oxygen atoms in total. The number of benzene rings is 2. The molecule has 0 radical (unpaired) electrons. The quantitative estimate of drug-likeness (QED) is 0.626. The number of aromatic nitrogens is 1. The number of carbonyl (C=O) groups excluding carboxylic acids is 1. The highest BCUT2D eigenvalue weighted by Gasteiger charge is 2.39. The summed E-state index contributed by atoms with van der Waals surface area (Å²) in [4.78, 5) is 15.5. The first-order chi connectivity index (χ1) is 10.9. The maximum atomic E-state index is 12.4. The Kier molecular flexibility index (Phi) is 3.64. The molecule has 0 atom stereocenters. The zero-order valence-corrected chi connectivity index (χ0v) is 12.2. The maximum absolute atomic E-state index is 12.4. The van der Waals surface area contributed by atoms with Gasteiger partial charge in [-0.1, -0.05) is 42.5 Å². The summed E-state index contributed by atoms with van der Waals surface area (Å²) < 4.78 is 37.2. The third kappa shape index (κ3) is 2.95. The van der Waals surface area contributed by atoms with Gasteiger partial charge in [-0.15, -0.1) is 0 Å². The number of halogens is 3. The van der Waals surface area contributed by atoms with Crippen LogP contribution in [-0.2, 0) is 0 Å². The molecule has 5 heteroatoms. The molecule has 23 heavy (non-hydrogen) atoms. The predicted molar refractivity (Wildman–Crippen MR) is 82.3 cm³/mol. The van der Waals surface area contributed by atoms with Crippen LogP contribution in [0.25, 0.3) is 22.0 Å². The lowest BCUT2D eigenvalue weighted by atomic mass is 10.0. The van der Waals surface area contributed by atoms with Gasteiger partial charge in [0, 0.05) is 22.7 Å². The highest BCUT2D eigenvalue weighted by molar-refractivity contribution is 6.00. The van der Waals surface area contributed by atoms with Crippen molar-refractivity contribution in [2.45, 2.75) is 13.1 Å². The largest absolute Gasteiger partial charge is 0.454 e. The highest BCUT2D eigenvalue weighted by atomic mass is 19.4. The zero-order valence-electron chi connectivity index (χ0n) is 12.2. The van der Waals surface area contributed by atoms with E-state index in [9.17, 15) is 18.0 Å². The van der Waals surface area contributed by atoms with Crippen LogP contribution in [0.15, 0.2) is 54.7 Å². The number of rotatable bonds is 2. The van der Waals surface area contributed by atoms with E-state index >= 15 is 0 Å². The Morgan fingerprint density at radius 2 is 1.74 bits per heavy atom. The number of hydrogen-bond acceptors (Lipinski definition) is 2. The van der Waals surface area contributed by atoms with Gasteiger partial charge in [-0.25, -0.2) is 0 Å². The fourth-order valence-electron chi connectivity index (χ4n) is 2.44. The molecule has 1 aromatic heterocycles. The Morgan fingerprint density at radius 1 is 1.04 bits per heavy atom. The van der Waals surface area contributed by atoms with Gasteiger partial charge in [-0.2, -0.15) is 13.2 Å². The summed E-state index contributed by atoms with van der Waals surface area (Å²) >= 11 is 0. The first-order valence-electron chi connectivity index (χ1n) is 6.93. The molecule has 0 unspecified atom stereocenters. The third-order valence-electron chi connectivity index (χ3n) is 3.68. The second-order valence-corrected chi connectivity index (χ2v) is 5.27. The number of pyridine rings is 1. The molecule has 0 bridgehead atoms. The van der Waals surface area contributed by atoms with Crippen molar-refractivity contribution in [3.8, 4) is 11.3 Å². The summed E-state index contributed by atoms with van der Waals surface area (Å²) in [6, 6.07) is 13.1. The van der Waals surface area contributed by atoms with Gasteiger partial charge in [0.2, 0.25) is 0 Å². The van der Waals surface area contributed by atoms with Crippen LogP contribution in [0.4, 0.5) is 13.2 Å². The molecule has 0 aliphatic rings. The van der Waals surface area contributed by atoms with Crippen LogP contribution in [0.5, 0.6) is 0 Å². The van der Waals surface area contributed by atoms with E-state index < -0.39 is 12.0 Å². The van der Waals surface area contributed by atoms with E-state index in [-0.39, 0.29) is 5.56 Å². The normalized spacial score (nSPS) is 11.7. The number of carbonyl (C=O) groups is 1. The second kappa shape index (κ2) is 5.50. The number of fused-ring (bicyclic) bond motifs is 1. The van der Waals surface area contributed by atoms with Crippen molar-refractivity contribution in [3.05, 3.63) is 65.9 Å². The van der Waals surface area contributed by atoms with E-state index in [1.54, 1.807) is 6.20 Å². The summed E-state index contributed by atoms with van der Waals surface area (Å²) in [5, 5.41) is 2.03. The van der Waals surface area contributed by atoms with Crippen LogP contribution in [0, 0.1) is 6.92 Å². The van der Waals surface area contributed by atoms with E-state index in [2.05, 4.69) is 4.98 Å². The zero-order chi connectivity index (χ0) is 16.6. The number of aryl methyl sites for hydroxylation is 1. The third-order valence-corrected chi connectivity index (χ3v) is 3.68. The minimum absolute atomic E-state index is 0.377. The van der Waals surface area contributed by atoms with Crippen molar-refractivity contribution in [3.63, 3.8) is 0 Å². The molecule has 3 rings (SSSR count). The van der Waals surface area contributed by atoms with Crippen molar-refractivity contribution in [1.82, 2.24) is 4.98 Å². The Labute approximate surface area is 130 Å². The highest BCUT2D eigenvalue weighted by Crippen LogP contribution is 2.26. The molecule has 0 N–H and O–H groups in total. The van der Waals surface area contributed by atoms with Gasteiger partial charge in [0.05, 0.1) is 5.69 Å². The summed E-state index contributed by atoms with van der Waals surface area (Å²) in [5.41, 5.74) is 2.03. The van der Waals surface area contributed by atoms with Gasteiger partial charge in [0.1, 0.15) is 0 Å². The van der Waals surface area contributed by atoms with Crippen molar-refractivity contribution < 1.29 is 18.0 Å². The molecule has 0 saturated carbocycles. The number of alkyl halides is 3. The van der Waals surface area contributed by atoms with Crippen molar-refractivity contribution in [2.24, 2.45) is 0 Å². The van der Waals surface area contributed by atoms with Gasteiger partial charge in [0.25, 0.3) is 5.78 Å². The lowest BCUT2D eigenvalue weighted by Gasteiger charge is -2.08. The molecule has 2 aromatic carbocycles. The lowest BCUT2D eigenvalue weighted by Crippen LogP contribution is -2.22. The number of nitrogens with zero attached hydrogens (tertiary/aromatic N) is 1. The van der Waals surface area contributed by atoms with Crippen molar-refractivity contribution in [2.75, 3.05) is 0 Å². The summed E-state index contributed by atoms with van der Waals surface area (Å²) in [6.07, 6.45) is -3.13. The first-order valence-corrected chi connectivity index (χ1v) is 6.93. The monoisotopic (exact) mass is 315 g/mol. The van der Waals surface area contributed by atoms with Crippen LogP contribution < -0.4 is 0 Å². The molecule has 0 saturated heterocycles. The van der Waals surface area contributed by atoms with E-state index in [1.807, 2.05) is 31.2 Å². The van der Waals surface area contributed by atoms with Crippen LogP contribution in [0.1, 0.15) is 15.9 Å². The molecule has 0 amide bonds. The molecule has 0 aliphatic heterocycles. The molecule has 0 fully saturated rings. The van der Waals surface area contributed by atoms with Crippen LogP contribution in [0.3, 0.4) is 0 Å². The molecular weight excluding hydrogens is 303 g/mol. The van der Waals surface area contributed by atoms with Gasteiger partial charge >= 0.3 is 6.18 Å². The summed E-state index contributed by atoms with van der Waals surface area (Å²) in [5.74, 6) is -1.84. The minimum atomic E-state index is -4.86.